The SMILES string of the molecule is Nc1ncc(Cl)c(NCC(F)(F)F)n1. The first-order valence-electron chi connectivity index (χ1n) is 3.47. The van der Waals surface area contributed by atoms with Gasteiger partial charge in [0.25, 0.3) is 0 Å². The molecule has 0 amide bonds. The van der Waals surface area contributed by atoms with Crippen molar-refractivity contribution in [2.24, 2.45) is 0 Å². The monoisotopic (exact) mass is 226 g/mol. The van der Waals surface area contributed by atoms with Crippen molar-refractivity contribution < 1.29 is 13.2 Å². The summed E-state index contributed by atoms with van der Waals surface area (Å²) in [6.07, 6.45) is -3.20. The Labute approximate surface area is 82.3 Å². The van der Waals surface area contributed by atoms with Crippen molar-refractivity contribution in [1.82, 2.24) is 9.97 Å². The third-order valence-electron chi connectivity index (χ3n) is 1.22. The predicted octanol–water partition coefficient (Wildman–Crippen LogP) is 1.69. The molecule has 1 aromatic heterocycles. The summed E-state index contributed by atoms with van der Waals surface area (Å²) < 4.78 is 35.4. The van der Waals surface area contributed by atoms with Crippen LogP contribution in [0.2, 0.25) is 5.02 Å². The quantitative estimate of drug-likeness (QED) is 0.806. The van der Waals surface area contributed by atoms with E-state index in [1.54, 1.807) is 0 Å². The van der Waals surface area contributed by atoms with Crippen LogP contribution in [0.15, 0.2) is 6.20 Å². The number of hydrogen-bond acceptors (Lipinski definition) is 4. The van der Waals surface area contributed by atoms with Crippen molar-refractivity contribution in [3.63, 3.8) is 0 Å². The van der Waals surface area contributed by atoms with E-state index in [2.05, 4.69) is 9.97 Å². The van der Waals surface area contributed by atoms with Crippen molar-refractivity contribution in [3.05, 3.63) is 11.2 Å². The van der Waals surface area contributed by atoms with Crippen LogP contribution in [-0.2, 0) is 0 Å². The van der Waals surface area contributed by atoms with Crippen LogP contribution < -0.4 is 11.1 Å². The molecule has 1 rings (SSSR count). The Balaban J connectivity index is 2.72. The molecule has 1 aromatic rings. The molecule has 14 heavy (non-hydrogen) atoms. The van der Waals surface area contributed by atoms with Gasteiger partial charge in [-0.25, -0.2) is 4.98 Å². The van der Waals surface area contributed by atoms with Crippen LogP contribution in [0, 0.1) is 0 Å². The second kappa shape index (κ2) is 3.87. The number of nitrogen functional groups attached to an aromatic ring is 1. The second-order valence-electron chi connectivity index (χ2n) is 2.39. The number of rotatable bonds is 2. The molecule has 8 heteroatoms. The fourth-order valence-electron chi connectivity index (χ4n) is 0.689. The molecule has 0 radical (unpaired) electrons. The normalized spacial score (nSPS) is 11.4. The maximum atomic E-state index is 11.8. The number of anilines is 2. The molecular formula is C6H6ClF3N4. The molecule has 0 aliphatic rings. The third-order valence-corrected chi connectivity index (χ3v) is 1.50. The van der Waals surface area contributed by atoms with Crippen LogP contribution in [0.3, 0.4) is 0 Å². The minimum Gasteiger partial charge on any atom is -0.368 e. The lowest BCUT2D eigenvalue weighted by Crippen LogP contribution is -2.22. The summed E-state index contributed by atoms with van der Waals surface area (Å²) in [5.74, 6) is -0.268. The average molecular weight is 227 g/mol. The maximum Gasteiger partial charge on any atom is 0.405 e. The number of hydrogen-bond donors (Lipinski definition) is 2. The molecule has 78 valence electrons. The zero-order valence-electron chi connectivity index (χ0n) is 6.77. The maximum absolute atomic E-state index is 11.8. The van der Waals surface area contributed by atoms with Gasteiger partial charge in [-0.3, -0.25) is 0 Å². The highest BCUT2D eigenvalue weighted by atomic mass is 35.5. The molecule has 0 saturated carbocycles. The van der Waals surface area contributed by atoms with E-state index in [1.807, 2.05) is 5.32 Å². The lowest BCUT2D eigenvalue weighted by Gasteiger charge is -2.09. The highest BCUT2D eigenvalue weighted by Gasteiger charge is 2.27. The van der Waals surface area contributed by atoms with Gasteiger partial charge in [-0.05, 0) is 0 Å². The summed E-state index contributed by atoms with van der Waals surface area (Å²) >= 11 is 5.51. The Morgan fingerprint density at radius 1 is 1.50 bits per heavy atom. The van der Waals surface area contributed by atoms with Gasteiger partial charge >= 0.3 is 6.18 Å². The molecule has 0 unspecified atom stereocenters. The smallest absolute Gasteiger partial charge is 0.368 e. The summed E-state index contributed by atoms with van der Waals surface area (Å²) in [7, 11) is 0. The average Bonchev–Trinajstić information content (AvgIpc) is 2.05. The Hall–Kier alpha value is -1.24. The first-order chi connectivity index (χ1) is 6.38. The summed E-state index contributed by atoms with van der Waals surface area (Å²) in [6, 6.07) is 0. The Morgan fingerprint density at radius 2 is 2.14 bits per heavy atom. The van der Waals surface area contributed by atoms with Gasteiger partial charge in [0, 0.05) is 0 Å². The van der Waals surface area contributed by atoms with E-state index in [1.165, 1.54) is 0 Å². The zero-order valence-corrected chi connectivity index (χ0v) is 7.52. The van der Waals surface area contributed by atoms with Gasteiger partial charge in [-0.15, -0.1) is 0 Å². The third kappa shape index (κ3) is 3.25. The van der Waals surface area contributed by atoms with Crippen LogP contribution in [0.5, 0.6) is 0 Å². The highest BCUT2D eigenvalue weighted by Crippen LogP contribution is 2.21. The standard InChI is InChI=1S/C6H6ClF3N4/c7-3-1-12-5(11)14-4(3)13-2-6(8,9)10/h1H,2H2,(H3,11,12,13,14). The number of nitrogens with one attached hydrogen (secondary N) is 1. The van der Waals surface area contributed by atoms with E-state index in [4.69, 9.17) is 17.3 Å². The number of nitrogens with two attached hydrogens (primary N) is 1. The van der Waals surface area contributed by atoms with Gasteiger partial charge in [-0.2, -0.15) is 18.2 Å². The second-order valence-corrected chi connectivity index (χ2v) is 2.80. The Morgan fingerprint density at radius 3 is 2.71 bits per heavy atom. The minimum absolute atomic E-state index is 0.0107. The molecule has 0 atom stereocenters. The van der Waals surface area contributed by atoms with Gasteiger partial charge in [0.1, 0.15) is 11.6 Å². The van der Waals surface area contributed by atoms with E-state index < -0.39 is 12.7 Å². The summed E-state index contributed by atoms with van der Waals surface area (Å²) in [5.41, 5.74) is 5.16. The van der Waals surface area contributed by atoms with E-state index in [9.17, 15) is 13.2 Å². The van der Waals surface area contributed by atoms with Crippen LogP contribution >= 0.6 is 11.6 Å². The molecule has 0 spiro atoms. The van der Waals surface area contributed by atoms with E-state index in [0.29, 0.717) is 0 Å². The number of aromatic nitrogens is 2. The molecule has 1 heterocycles. The van der Waals surface area contributed by atoms with Crippen LogP contribution in [-0.4, -0.2) is 22.7 Å². The molecule has 0 aliphatic carbocycles. The fourth-order valence-corrected chi connectivity index (χ4v) is 0.847. The molecule has 0 aliphatic heterocycles. The molecule has 0 fully saturated rings. The molecular weight excluding hydrogens is 221 g/mol. The topological polar surface area (TPSA) is 63.8 Å². The predicted molar refractivity (Wildman–Crippen MR) is 46.0 cm³/mol. The number of alkyl halides is 3. The van der Waals surface area contributed by atoms with Crippen molar-refractivity contribution >= 4 is 23.4 Å². The van der Waals surface area contributed by atoms with Crippen molar-refractivity contribution in [2.75, 3.05) is 17.6 Å². The van der Waals surface area contributed by atoms with Crippen molar-refractivity contribution in [1.29, 1.82) is 0 Å². The molecule has 0 bridgehead atoms. The number of halogens is 4. The van der Waals surface area contributed by atoms with Gasteiger partial charge in [0.05, 0.1) is 6.20 Å². The zero-order chi connectivity index (χ0) is 10.8. The summed E-state index contributed by atoms with van der Waals surface area (Å²) in [5, 5.41) is 1.99. The lowest BCUT2D eigenvalue weighted by molar-refractivity contribution is -0.115. The van der Waals surface area contributed by atoms with Crippen LogP contribution in [0.25, 0.3) is 0 Å². The van der Waals surface area contributed by atoms with Crippen LogP contribution in [0.4, 0.5) is 24.9 Å². The molecule has 4 nitrogen and oxygen atoms in total. The number of nitrogens with zero attached hydrogens (tertiary/aromatic N) is 2. The summed E-state index contributed by atoms with van der Waals surface area (Å²) in [6.45, 7) is -1.22. The van der Waals surface area contributed by atoms with E-state index >= 15 is 0 Å². The Bertz CT molecular complexity index is 327. The van der Waals surface area contributed by atoms with E-state index in [0.717, 1.165) is 6.20 Å². The largest absolute Gasteiger partial charge is 0.405 e. The van der Waals surface area contributed by atoms with Crippen molar-refractivity contribution in [2.45, 2.75) is 6.18 Å². The van der Waals surface area contributed by atoms with Crippen LogP contribution in [0.1, 0.15) is 0 Å². The molecule has 0 aromatic carbocycles. The van der Waals surface area contributed by atoms with Gasteiger partial charge in [0.15, 0.2) is 5.82 Å². The lowest BCUT2D eigenvalue weighted by atomic mass is 10.5. The first kappa shape index (κ1) is 10.8. The Kier molecular flexibility index (Phi) is 3.00. The van der Waals surface area contributed by atoms with Gasteiger partial charge in [-0.1, -0.05) is 11.6 Å². The van der Waals surface area contributed by atoms with E-state index in [-0.39, 0.29) is 16.8 Å². The van der Waals surface area contributed by atoms with Crippen molar-refractivity contribution in [3.8, 4) is 0 Å². The van der Waals surface area contributed by atoms with Gasteiger partial charge in [0.2, 0.25) is 5.95 Å². The molecule has 3 N–H and O–H groups in total. The highest BCUT2D eigenvalue weighted by molar-refractivity contribution is 6.32. The fraction of sp³-hybridized carbons (Fsp3) is 0.333. The molecule has 0 saturated heterocycles. The van der Waals surface area contributed by atoms with Gasteiger partial charge < -0.3 is 11.1 Å². The first-order valence-corrected chi connectivity index (χ1v) is 3.85. The summed E-state index contributed by atoms with van der Waals surface area (Å²) in [4.78, 5) is 7.00. The minimum atomic E-state index is -4.33.